The van der Waals surface area contributed by atoms with Gasteiger partial charge in [0.15, 0.2) is 5.96 Å². The van der Waals surface area contributed by atoms with Crippen molar-refractivity contribution < 1.29 is 0 Å². The van der Waals surface area contributed by atoms with Crippen molar-refractivity contribution in [2.45, 2.75) is 32.7 Å². The highest BCUT2D eigenvalue weighted by Crippen LogP contribution is 2.13. The van der Waals surface area contributed by atoms with E-state index in [1.54, 1.807) is 18.4 Å². The van der Waals surface area contributed by atoms with Gasteiger partial charge in [0, 0.05) is 44.2 Å². The molecule has 6 nitrogen and oxygen atoms in total. The van der Waals surface area contributed by atoms with Crippen molar-refractivity contribution in [3.8, 4) is 0 Å². The molecule has 27 heavy (non-hydrogen) atoms. The summed E-state index contributed by atoms with van der Waals surface area (Å²) in [6, 6.07) is 8.22. The maximum absolute atomic E-state index is 4.45. The second-order valence-electron chi connectivity index (χ2n) is 6.03. The monoisotopic (exact) mass is 498 g/mol. The Hall–Kier alpha value is -1.68. The number of hydrogen-bond donors (Lipinski definition) is 2. The van der Waals surface area contributed by atoms with Crippen molar-refractivity contribution in [1.29, 1.82) is 0 Å². The van der Waals surface area contributed by atoms with Gasteiger partial charge in [-0.15, -0.1) is 35.3 Å². The zero-order chi connectivity index (χ0) is 18.2. The number of hydrogen-bond acceptors (Lipinski definition) is 4. The zero-order valence-electron chi connectivity index (χ0n) is 15.8. The molecule has 8 heteroatoms. The minimum Gasteiger partial charge on any atom is -0.356 e. The molecular weight excluding hydrogens is 471 g/mol. The lowest BCUT2D eigenvalue weighted by Crippen LogP contribution is -2.38. The molecule has 0 atom stereocenters. The predicted molar refractivity (Wildman–Crippen MR) is 124 cm³/mol. The van der Waals surface area contributed by atoms with Gasteiger partial charge in [0.1, 0.15) is 0 Å². The summed E-state index contributed by atoms with van der Waals surface area (Å²) in [5.74, 6) is 0.841. The van der Waals surface area contributed by atoms with Crippen LogP contribution in [0.5, 0.6) is 0 Å². The highest BCUT2D eigenvalue weighted by molar-refractivity contribution is 14.0. The van der Waals surface area contributed by atoms with E-state index in [0.29, 0.717) is 0 Å². The molecule has 146 valence electrons. The van der Waals surface area contributed by atoms with E-state index in [1.807, 2.05) is 24.7 Å². The topological polar surface area (TPSA) is 67.1 Å². The number of aryl methyl sites for hydroxylation is 2. The maximum atomic E-state index is 4.45. The Kier molecular flexibility index (Phi) is 8.99. The molecule has 0 spiro atoms. The van der Waals surface area contributed by atoms with E-state index in [1.165, 1.54) is 15.4 Å². The first-order valence-electron chi connectivity index (χ1n) is 9.08. The van der Waals surface area contributed by atoms with Crippen LogP contribution in [0.25, 0.3) is 11.0 Å². The summed E-state index contributed by atoms with van der Waals surface area (Å²) in [5.41, 5.74) is 2.23. The van der Waals surface area contributed by atoms with Crippen LogP contribution in [-0.2, 0) is 19.4 Å². The van der Waals surface area contributed by atoms with E-state index in [2.05, 4.69) is 49.2 Å². The number of guanidine groups is 1. The smallest absolute Gasteiger partial charge is 0.190 e. The molecule has 0 aliphatic carbocycles. The van der Waals surface area contributed by atoms with Crippen molar-refractivity contribution in [3.63, 3.8) is 0 Å². The molecule has 0 saturated heterocycles. The van der Waals surface area contributed by atoms with Crippen LogP contribution in [0, 0.1) is 0 Å². The molecule has 3 aromatic rings. The molecule has 0 unspecified atom stereocenters. The van der Waals surface area contributed by atoms with Gasteiger partial charge in [-0.3, -0.25) is 4.99 Å². The summed E-state index contributed by atoms with van der Waals surface area (Å²) >= 11 is 1.79. The normalized spacial score (nSPS) is 11.4. The van der Waals surface area contributed by atoms with Crippen molar-refractivity contribution in [2.75, 3.05) is 20.1 Å². The Labute approximate surface area is 181 Å². The second kappa shape index (κ2) is 11.2. The molecule has 0 saturated carbocycles. The number of imidazole rings is 1. The first kappa shape index (κ1) is 21.6. The number of fused-ring (bicyclic) bond motifs is 1. The number of rotatable bonds is 8. The first-order chi connectivity index (χ1) is 12.8. The van der Waals surface area contributed by atoms with Crippen molar-refractivity contribution in [3.05, 3.63) is 46.7 Å². The average Bonchev–Trinajstić information content (AvgIpc) is 3.30. The van der Waals surface area contributed by atoms with Gasteiger partial charge in [-0.05, 0) is 25.0 Å². The Morgan fingerprint density at radius 1 is 1.19 bits per heavy atom. The number of thiazole rings is 1. The summed E-state index contributed by atoms with van der Waals surface area (Å²) in [4.78, 5) is 14.5. The molecule has 0 aliphatic rings. The number of para-hydroxylation sites is 2. The summed E-state index contributed by atoms with van der Waals surface area (Å²) in [5, 5.41) is 7.90. The molecular formula is C19H27IN6S. The molecule has 0 bridgehead atoms. The minimum absolute atomic E-state index is 0. The lowest BCUT2D eigenvalue weighted by Gasteiger charge is -2.11. The van der Waals surface area contributed by atoms with Gasteiger partial charge in [0.05, 0.1) is 22.4 Å². The summed E-state index contributed by atoms with van der Waals surface area (Å²) < 4.78 is 2.20. The number of nitrogens with zero attached hydrogens (tertiary/aromatic N) is 4. The molecule has 0 aliphatic heterocycles. The number of nitrogens with one attached hydrogen (secondary N) is 2. The van der Waals surface area contributed by atoms with Gasteiger partial charge in [0.2, 0.25) is 0 Å². The van der Waals surface area contributed by atoms with Gasteiger partial charge in [-0.2, -0.15) is 0 Å². The second-order valence-corrected chi connectivity index (χ2v) is 7.23. The molecule has 1 aromatic carbocycles. The lowest BCUT2D eigenvalue weighted by atomic mass is 10.3. The van der Waals surface area contributed by atoms with E-state index < -0.39 is 0 Å². The van der Waals surface area contributed by atoms with E-state index in [0.717, 1.165) is 50.4 Å². The Morgan fingerprint density at radius 2 is 2.00 bits per heavy atom. The number of aliphatic imine (C=N–C) groups is 1. The van der Waals surface area contributed by atoms with Crippen LogP contribution in [-0.4, -0.2) is 40.6 Å². The lowest BCUT2D eigenvalue weighted by molar-refractivity contribution is 0.637. The first-order valence-corrected chi connectivity index (χ1v) is 9.89. The summed E-state index contributed by atoms with van der Waals surface area (Å²) in [6.07, 6.45) is 6.88. The van der Waals surface area contributed by atoms with Gasteiger partial charge in [0.25, 0.3) is 0 Å². The van der Waals surface area contributed by atoms with Crippen molar-refractivity contribution in [1.82, 2.24) is 25.2 Å². The van der Waals surface area contributed by atoms with Crippen molar-refractivity contribution >= 4 is 52.3 Å². The van der Waals surface area contributed by atoms with Crippen LogP contribution >= 0.6 is 35.3 Å². The Balaban J connectivity index is 0.00000261. The van der Waals surface area contributed by atoms with E-state index in [9.17, 15) is 0 Å². The van der Waals surface area contributed by atoms with Crippen LogP contribution in [0.15, 0.2) is 41.8 Å². The summed E-state index contributed by atoms with van der Waals surface area (Å²) in [7, 11) is 1.80. The van der Waals surface area contributed by atoms with Crippen LogP contribution in [0.1, 0.15) is 23.2 Å². The molecule has 0 amide bonds. The largest absolute Gasteiger partial charge is 0.356 e. The predicted octanol–water partition coefficient (Wildman–Crippen LogP) is 3.47. The zero-order valence-corrected chi connectivity index (χ0v) is 19.0. The molecule has 0 fully saturated rings. The van der Waals surface area contributed by atoms with Gasteiger partial charge in [-0.1, -0.05) is 19.1 Å². The van der Waals surface area contributed by atoms with Gasteiger partial charge < -0.3 is 15.2 Å². The number of aromatic nitrogens is 3. The number of halogens is 1. The van der Waals surface area contributed by atoms with Gasteiger partial charge >= 0.3 is 0 Å². The Morgan fingerprint density at radius 3 is 2.78 bits per heavy atom. The van der Waals surface area contributed by atoms with Crippen LogP contribution in [0.2, 0.25) is 0 Å². The Bertz CT molecular complexity index is 857. The van der Waals surface area contributed by atoms with Crippen LogP contribution in [0.3, 0.4) is 0 Å². The van der Waals surface area contributed by atoms with E-state index in [4.69, 9.17) is 0 Å². The van der Waals surface area contributed by atoms with Gasteiger partial charge in [-0.25, -0.2) is 9.97 Å². The third kappa shape index (κ3) is 6.17. The van der Waals surface area contributed by atoms with E-state index in [-0.39, 0.29) is 24.0 Å². The standard InChI is InChI=1S/C19H26N6S.HI/c1-3-15-13-23-18(26-15)9-11-22-19(20-2)21-10-6-12-25-14-24-16-7-4-5-8-17(16)25;/h4-5,7-8,13-14H,3,6,9-12H2,1-2H3,(H2,20,21,22);1H. The third-order valence-electron chi connectivity index (χ3n) is 4.20. The molecule has 2 aromatic heterocycles. The average molecular weight is 498 g/mol. The maximum Gasteiger partial charge on any atom is 0.190 e. The fourth-order valence-corrected chi connectivity index (χ4v) is 3.64. The molecule has 2 N–H and O–H groups in total. The fourth-order valence-electron chi connectivity index (χ4n) is 2.78. The number of benzene rings is 1. The highest BCUT2D eigenvalue weighted by atomic mass is 127. The van der Waals surface area contributed by atoms with Crippen LogP contribution < -0.4 is 10.6 Å². The SMILES string of the molecule is CCc1cnc(CCNC(=NC)NCCCn2cnc3ccccc32)s1.I. The minimum atomic E-state index is 0. The quantitative estimate of drug-likeness (QED) is 0.216. The van der Waals surface area contributed by atoms with Crippen molar-refractivity contribution in [2.24, 2.45) is 4.99 Å². The highest BCUT2D eigenvalue weighted by Gasteiger charge is 2.03. The van der Waals surface area contributed by atoms with Crippen LogP contribution in [0.4, 0.5) is 0 Å². The molecule has 0 radical (unpaired) electrons. The fraction of sp³-hybridized carbons (Fsp3) is 0.421. The molecule has 2 heterocycles. The summed E-state index contributed by atoms with van der Waals surface area (Å²) in [6.45, 7) is 4.79. The van der Waals surface area contributed by atoms with E-state index >= 15 is 0 Å². The molecule has 3 rings (SSSR count). The third-order valence-corrected chi connectivity index (χ3v) is 5.40.